The Hall–Kier alpha value is -1.06. The topological polar surface area (TPSA) is 58.2 Å². The van der Waals surface area contributed by atoms with Crippen LogP contribution in [0.5, 0.6) is 0 Å². The summed E-state index contributed by atoms with van der Waals surface area (Å²) >= 11 is 0. The summed E-state index contributed by atoms with van der Waals surface area (Å²) in [7, 11) is 0. The first kappa shape index (κ1) is 29.4. The maximum atomic E-state index is 10.7. The molecule has 0 bridgehead atoms. The van der Waals surface area contributed by atoms with Gasteiger partial charge in [0.05, 0.1) is 0 Å². The highest BCUT2D eigenvalue weighted by atomic mass is 16.2. The third-order valence-electron chi connectivity index (χ3n) is 1.41. The van der Waals surface area contributed by atoms with E-state index in [1.54, 1.807) is 13.8 Å². The molecular weight excluding hydrogens is 204 g/mol. The lowest BCUT2D eigenvalue weighted by molar-refractivity contribution is -0.122. The average molecular weight is 236 g/mol. The molecule has 0 aliphatic carbocycles. The van der Waals surface area contributed by atoms with Gasteiger partial charge in [0.2, 0.25) is 11.8 Å². The number of amides is 2. The minimum atomic E-state index is 0. The van der Waals surface area contributed by atoms with Crippen LogP contribution in [0.2, 0.25) is 0 Å². The van der Waals surface area contributed by atoms with Gasteiger partial charge in [-0.3, -0.25) is 9.59 Å². The molecule has 0 heterocycles. The van der Waals surface area contributed by atoms with Gasteiger partial charge < -0.3 is 10.6 Å². The summed E-state index contributed by atoms with van der Waals surface area (Å²) in [6, 6.07) is 0. The quantitative estimate of drug-likeness (QED) is 0.721. The molecule has 0 saturated carbocycles. The third-order valence-corrected chi connectivity index (χ3v) is 1.41. The predicted molar refractivity (Wildman–Crippen MR) is 73.5 cm³/mol. The van der Waals surface area contributed by atoms with E-state index in [1.165, 1.54) is 0 Å². The van der Waals surface area contributed by atoms with E-state index in [4.69, 9.17) is 0 Å². The Balaban J connectivity index is -0.000000101. The second-order valence-corrected chi connectivity index (χ2v) is 2.41. The number of carbonyl (C=O) groups is 2. The maximum Gasteiger partial charge on any atom is 0.219 e. The highest BCUT2D eigenvalue weighted by Gasteiger charge is 1.96. The van der Waals surface area contributed by atoms with E-state index in [0.717, 1.165) is 0 Å². The summed E-state index contributed by atoms with van der Waals surface area (Å²) < 4.78 is 0. The molecular formula is C12H32N2O2. The Morgan fingerprint density at radius 1 is 0.750 bits per heavy atom. The van der Waals surface area contributed by atoms with Gasteiger partial charge in [-0.1, -0.05) is 43.6 Å². The zero-order valence-corrected chi connectivity index (χ0v) is 7.64. The van der Waals surface area contributed by atoms with E-state index < -0.39 is 0 Å². The molecule has 0 atom stereocenters. The normalized spacial score (nSPS) is 6.88. The van der Waals surface area contributed by atoms with Crippen molar-refractivity contribution in [1.29, 1.82) is 0 Å². The second kappa shape index (κ2) is 19.5. The van der Waals surface area contributed by atoms with E-state index >= 15 is 0 Å². The van der Waals surface area contributed by atoms with Crippen LogP contribution in [0, 0.1) is 0 Å². The Bertz CT molecular complexity index is 141. The lowest BCUT2D eigenvalue weighted by atomic mass is 10.4. The summed E-state index contributed by atoms with van der Waals surface area (Å²) in [6.07, 6.45) is 0.976. The monoisotopic (exact) mass is 236 g/mol. The molecule has 0 aromatic heterocycles. The van der Waals surface area contributed by atoms with Crippen LogP contribution < -0.4 is 10.6 Å². The van der Waals surface area contributed by atoms with Crippen LogP contribution in [0.25, 0.3) is 0 Å². The number of hydrogen-bond acceptors (Lipinski definition) is 2. The summed E-state index contributed by atoms with van der Waals surface area (Å²) in [4.78, 5) is 21.4. The van der Waals surface area contributed by atoms with Crippen LogP contribution in [0.3, 0.4) is 0 Å². The van der Waals surface area contributed by atoms with E-state index in [0.29, 0.717) is 25.9 Å². The molecule has 102 valence electrons. The zero-order valence-electron chi connectivity index (χ0n) is 7.64. The maximum absolute atomic E-state index is 10.7. The number of carbonyl (C=O) groups excluding carboxylic acids is 2. The van der Waals surface area contributed by atoms with Crippen LogP contribution in [0.15, 0.2) is 0 Å². The fourth-order valence-electron chi connectivity index (χ4n) is 0.654. The molecule has 0 radical (unpaired) electrons. The first-order chi connectivity index (χ1) is 5.70. The van der Waals surface area contributed by atoms with Gasteiger partial charge in [0.15, 0.2) is 0 Å². The minimum absolute atomic E-state index is 0. The third kappa shape index (κ3) is 18.7. The largest absolute Gasteiger partial charge is 0.354 e. The molecule has 0 rings (SSSR count). The van der Waals surface area contributed by atoms with E-state index in [1.807, 2.05) is 0 Å². The molecule has 0 aliphatic rings. The van der Waals surface area contributed by atoms with Crippen LogP contribution >= 0.6 is 0 Å². The van der Waals surface area contributed by atoms with Gasteiger partial charge in [-0.15, -0.1) is 0 Å². The highest BCUT2D eigenvalue weighted by molar-refractivity contribution is 5.76. The van der Waals surface area contributed by atoms with Crippen LogP contribution in [0.4, 0.5) is 0 Å². The molecule has 0 fully saturated rings. The Kier molecular flexibility index (Phi) is 35.8. The first-order valence-corrected chi connectivity index (χ1v) is 4.24. The summed E-state index contributed by atoms with van der Waals surface area (Å²) in [5.41, 5.74) is 0. The fraction of sp³-hybridized carbons (Fsp3) is 0.833. The summed E-state index contributed by atoms with van der Waals surface area (Å²) in [5.74, 6) is 0.0292. The minimum Gasteiger partial charge on any atom is -0.354 e. The van der Waals surface area contributed by atoms with Crippen molar-refractivity contribution in [2.75, 3.05) is 13.1 Å². The number of hydrogen-bond donors (Lipinski definition) is 2. The van der Waals surface area contributed by atoms with Gasteiger partial charge in [-0.25, -0.2) is 0 Å². The second-order valence-electron chi connectivity index (χ2n) is 2.41. The Morgan fingerprint density at radius 2 is 1.00 bits per heavy atom. The predicted octanol–water partition coefficient (Wildman–Crippen LogP) is 2.58. The van der Waals surface area contributed by atoms with Gasteiger partial charge in [0, 0.05) is 25.9 Å². The van der Waals surface area contributed by atoms with Gasteiger partial charge in [-0.05, 0) is 0 Å². The van der Waals surface area contributed by atoms with Crippen LogP contribution in [-0.2, 0) is 9.59 Å². The van der Waals surface area contributed by atoms with Crippen molar-refractivity contribution in [1.82, 2.24) is 10.6 Å². The van der Waals surface area contributed by atoms with Gasteiger partial charge in [-0.2, -0.15) is 0 Å². The van der Waals surface area contributed by atoms with E-state index in [2.05, 4.69) is 10.6 Å². The van der Waals surface area contributed by atoms with Crippen molar-refractivity contribution in [3.8, 4) is 0 Å². The molecule has 2 N–H and O–H groups in total. The summed E-state index contributed by atoms with van der Waals surface area (Å²) in [5, 5.41) is 5.32. The van der Waals surface area contributed by atoms with Crippen molar-refractivity contribution in [3.63, 3.8) is 0 Å². The van der Waals surface area contributed by atoms with Gasteiger partial charge >= 0.3 is 0 Å². The Labute approximate surface area is 102 Å². The smallest absolute Gasteiger partial charge is 0.219 e. The fourth-order valence-corrected chi connectivity index (χ4v) is 0.654. The standard InChI is InChI=1S/C8H16N2O2.4CH4/c1-3-7(11)9-5-6-10-8(12)4-2;;;;/h3-6H2,1-2H3,(H,9,11)(H,10,12);4*1H4. The molecule has 0 aliphatic heterocycles. The number of rotatable bonds is 5. The van der Waals surface area contributed by atoms with E-state index in [-0.39, 0.29) is 41.5 Å². The van der Waals surface area contributed by atoms with E-state index in [9.17, 15) is 9.59 Å². The SMILES string of the molecule is C.C.C.C.CCC(=O)NCCNC(=O)CC. The molecule has 2 amide bonds. The molecule has 0 aromatic carbocycles. The first-order valence-electron chi connectivity index (χ1n) is 4.24. The molecule has 4 nitrogen and oxygen atoms in total. The lowest BCUT2D eigenvalue weighted by Crippen LogP contribution is -2.33. The van der Waals surface area contributed by atoms with Crippen LogP contribution in [-0.4, -0.2) is 24.9 Å². The van der Waals surface area contributed by atoms with Gasteiger partial charge in [0.1, 0.15) is 0 Å². The lowest BCUT2D eigenvalue weighted by Gasteiger charge is -2.04. The summed E-state index contributed by atoms with van der Waals surface area (Å²) in [6.45, 7) is 4.61. The zero-order chi connectivity index (χ0) is 9.40. The van der Waals surface area contributed by atoms with Crippen molar-refractivity contribution in [2.45, 2.75) is 56.4 Å². The number of nitrogens with one attached hydrogen (secondary N) is 2. The molecule has 0 aromatic rings. The molecule has 0 unspecified atom stereocenters. The molecule has 4 heteroatoms. The molecule has 0 spiro atoms. The molecule has 0 saturated heterocycles. The average Bonchev–Trinajstić information content (AvgIpc) is 2.11. The van der Waals surface area contributed by atoms with Crippen LogP contribution in [0.1, 0.15) is 56.4 Å². The highest BCUT2D eigenvalue weighted by Crippen LogP contribution is 1.75. The van der Waals surface area contributed by atoms with Crippen molar-refractivity contribution in [3.05, 3.63) is 0 Å². The van der Waals surface area contributed by atoms with Crippen molar-refractivity contribution < 1.29 is 9.59 Å². The molecule has 16 heavy (non-hydrogen) atoms. The Morgan fingerprint density at radius 3 is 1.19 bits per heavy atom. The van der Waals surface area contributed by atoms with Crippen molar-refractivity contribution >= 4 is 11.8 Å². The van der Waals surface area contributed by atoms with Crippen molar-refractivity contribution in [2.24, 2.45) is 0 Å². The van der Waals surface area contributed by atoms with Gasteiger partial charge in [0.25, 0.3) is 0 Å².